The van der Waals surface area contributed by atoms with Gasteiger partial charge in [0.2, 0.25) is 5.91 Å². The number of hydrogen-bond acceptors (Lipinski definition) is 3. The lowest BCUT2D eigenvalue weighted by atomic mass is 10.2. The summed E-state index contributed by atoms with van der Waals surface area (Å²) in [4.78, 5) is 19.9. The van der Waals surface area contributed by atoms with Gasteiger partial charge >= 0.3 is 0 Å². The molecule has 0 aliphatic rings. The Labute approximate surface area is 153 Å². The lowest BCUT2D eigenvalue weighted by molar-refractivity contribution is -0.117. The number of benzene rings is 1. The van der Waals surface area contributed by atoms with Crippen molar-refractivity contribution in [2.24, 2.45) is 7.05 Å². The van der Waals surface area contributed by atoms with Crippen molar-refractivity contribution in [3.63, 3.8) is 0 Å². The molecule has 0 saturated heterocycles. The Morgan fingerprint density at radius 3 is 2.65 bits per heavy atom. The van der Waals surface area contributed by atoms with E-state index in [1.807, 2.05) is 62.8 Å². The highest BCUT2D eigenvalue weighted by Gasteiger charge is 2.13. The minimum absolute atomic E-state index is 0.169. The summed E-state index contributed by atoms with van der Waals surface area (Å²) in [6, 6.07) is 9.74. The van der Waals surface area contributed by atoms with Crippen molar-refractivity contribution in [1.29, 1.82) is 0 Å². The van der Waals surface area contributed by atoms with E-state index in [4.69, 9.17) is 0 Å². The van der Waals surface area contributed by atoms with Gasteiger partial charge in [-0.1, -0.05) is 30.3 Å². The molecule has 0 spiro atoms. The number of aryl methyl sites for hydroxylation is 2. The van der Waals surface area contributed by atoms with Crippen molar-refractivity contribution < 1.29 is 4.79 Å². The summed E-state index contributed by atoms with van der Waals surface area (Å²) < 4.78 is 1.81. The first-order chi connectivity index (χ1) is 12.5. The van der Waals surface area contributed by atoms with Crippen molar-refractivity contribution in [3.05, 3.63) is 65.4 Å². The minimum Gasteiger partial charge on any atom is -0.343 e. The first-order valence-corrected chi connectivity index (χ1v) is 8.55. The van der Waals surface area contributed by atoms with Crippen LogP contribution in [0, 0.1) is 13.8 Å². The molecule has 0 bridgehead atoms. The number of H-pyrrole nitrogens is 1. The van der Waals surface area contributed by atoms with Crippen molar-refractivity contribution >= 4 is 12.0 Å². The summed E-state index contributed by atoms with van der Waals surface area (Å²) in [7, 11) is 1.89. The zero-order chi connectivity index (χ0) is 18.7. The van der Waals surface area contributed by atoms with Crippen LogP contribution in [0.3, 0.4) is 0 Å². The summed E-state index contributed by atoms with van der Waals surface area (Å²) >= 11 is 0. The Bertz CT molecular complexity index is 937. The average molecular weight is 349 g/mol. The van der Waals surface area contributed by atoms with Gasteiger partial charge < -0.3 is 10.3 Å². The van der Waals surface area contributed by atoms with Crippen molar-refractivity contribution in [2.45, 2.75) is 26.8 Å². The molecule has 3 aromatic rings. The monoisotopic (exact) mass is 349 g/mol. The molecule has 0 radical (unpaired) electrons. The molecule has 1 amide bonds. The molecule has 2 N–H and O–H groups in total. The fourth-order valence-electron chi connectivity index (χ4n) is 2.84. The number of aromatic amines is 1. The van der Waals surface area contributed by atoms with E-state index in [0.717, 1.165) is 34.0 Å². The van der Waals surface area contributed by atoms with E-state index in [2.05, 4.69) is 20.4 Å². The third-order valence-electron chi connectivity index (χ3n) is 4.42. The number of nitrogens with zero attached hydrogens (tertiary/aromatic N) is 3. The second-order valence-corrected chi connectivity index (χ2v) is 6.32. The molecule has 1 unspecified atom stereocenters. The van der Waals surface area contributed by atoms with E-state index in [9.17, 15) is 4.79 Å². The predicted octanol–water partition coefficient (Wildman–Crippen LogP) is 3.32. The van der Waals surface area contributed by atoms with Gasteiger partial charge in [-0.2, -0.15) is 5.10 Å². The second-order valence-electron chi connectivity index (χ2n) is 6.32. The molecule has 6 nitrogen and oxygen atoms in total. The number of carbonyl (C=O) groups is 1. The summed E-state index contributed by atoms with van der Waals surface area (Å²) in [6.45, 7) is 5.81. The maximum atomic E-state index is 12.2. The Balaban J connectivity index is 1.66. The van der Waals surface area contributed by atoms with Crippen LogP contribution in [0.5, 0.6) is 0 Å². The lowest BCUT2D eigenvalue weighted by Crippen LogP contribution is -2.25. The summed E-state index contributed by atoms with van der Waals surface area (Å²) in [5, 5.41) is 7.28. The lowest BCUT2D eigenvalue weighted by Gasteiger charge is -2.09. The zero-order valence-corrected chi connectivity index (χ0v) is 15.4. The molecule has 0 saturated carbocycles. The van der Waals surface area contributed by atoms with Crippen LogP contribution in [0.15, 0.2) is 42.6 Å². The molecule has 6 heteroatoms. The second kappa shape index (κ2) is 7.39. The SMILES string of the molecule is Cc1nn(C)c(C)c1C=CC(=O)NC(C)c1ncc(-c2ccccc2)[nH]1. The maximum absolute atomic E-state index is 12.2. The van der Waals surface area contributed by atoms with E-state index >= 15 is 0 Å². The molecule has 26 heavy (non-hydrogen) atoms. The van der Waals surface area contributed by atoms with Crippen LogP contribution in [0.2, 0.25) is 0 Å². The highest BCUT2D eigenvalue weighted by Crippen LogP contribution is 2.19. The first-order valence-electron chi connectivity index (χ1n) is 8.55. The number of imidazole rings is 1. The van der Waals surface area contributed by atoms with E-state index in [-0.39, 0.29) is 11.9 Å². The standard InChI is InChI=1S/C20H23N5O/c1-13-17(15(3)25(4)24-13)10-11-19(26)22-14(2)20-21-12-18(23-20)16-8-6-5-7-9-16/h5-12,14H,1-4H3,(H,21,23)(H,22,26). The Morgan fingerprint density at radius 1 is 1.27 bits per heavy atom. The van der Waals surface area contributed by atoms with Gasteiger partial charge in [0, 0.05) is 24.4 Å². The molecule has 3 rings (SSSR count). The van der Waals surface area contributed by atoms with Crippen LogP contribution in [-0.2, 0) is 11.8 Å². The topological polar surface area (TPSA) is 75.6 Å². The Hall–Kier alpha value is -3.15. The van der Waals surface area contributed by atoms with Gasteiger partial charge in [0.25, 0.3) is 0 Å². The van der Waals surface area contributed by atoms with Gasteiger partial charge in [0.1, 0.15) is 5.82 Å². The van der Waals surface area contributed by atoms with Crippen LogP contribution in [-0.4, -0.2) is 25.7 Å². The number of nitrogens with one attached hydrogen (secondary N) is 2. The van der Waals surface area contributed by atoms with Gasteiger partial charge in [0.15, 0.2) is 0 Å². The maximum Gasteiger partial charge on any atom is 0.244 e. The van der Waals surface area contributed by atoms with E-state index in [0.29, 0.717) is 0 Å². The molecule has 1 aromatic carbocycles. The largest absolute Gasteiger partial charge is 0.343 e. The zero-order valence-electron chi connectivity index (χ0n) is 15.4. The fourth-order valence-corrected chi connectivity index (χ4v) is 2.84. The average Bonchev–Trinajstić information content (AvgIpc) is 3.20. The third kappa shape index (κ3) is 3.74. The quantitative estimate of drug-likeness (QED) is 0.694. The van der Waals surface area contributed by atoms with Crippen molar-refractivity contribution in [3.8, 4) is 11.3 Å². The van der Waals surface area contributed by atoms with Crippen LogP contribution in [0.1, 0.15) is 35.7 Å². The van der Waals surface area contributed by atoms with Crippen LogP contribution >= 0.6 is 0 Å². The molecular formula is C20H23N5O. The van der Waals surface area contributed by atoms with Gasteiger partial charge in [-0.15, -0.1) is 0 Å². The highest BCUT2D eigenvalue weighted by molar-refractivity contribution is 5.92. The summed E-state index contributed by atoms with van der Waals surface area (Å²) in [6.07, 6.45) is 5.12. The van der Waals surface area contributed by atoms with E-state index < -0.39 is 0 Å². The fraction of sp³-hybridized carbons (Fsp3) is 0.250. The van der Waals surface area contributed by atoms with E-state index in [1.165, 1.54) is 6.08 Å². The molecule has 2 aromatic heterocycles. The van der Waals surface area contributed by atoms with Crippen LogP contribution in [0.4, 0.5) is 0 Å². The molecular weight excluding hydrogens is 326 g/mol. The third-order valence-corrected chi connectivity index (χ3v) is 4.42. The summed E-state index contributed by atoms with van der Waals surface area (Å²) in [5.74, 6) is 0.553. The predicted molar refractivity (Wildman–Crippen MR) is 102 cm³/mol. The first kappa shape index (κ1) is 17.7. The number of aromatic nitrogens is 4. The summed E-state index contributed by atoms with van der Waals surface area (Å²) in [5.41, 5.74) is 4.89. The highest BCUT2D eigenvalue weighted by atomic mass is 16.1. The molecule has 2 heterocycles. The Morgan fingerprint density at radius 2 is 2.00 bits per heavy atom. The van der Waals surface area contributed by atoms with E-state index in [1.54, 1.807) is 12.3 Å². The van der Waals surface area contributed by atoms with Crippen molar-refractivity contribution in [2.75, 3.05) is 0 Å². The number of amides is 1. The van der Waals surface area contributed by atoms with Gasteiger partial charge in [-0.05, 0) is 32.4 Å². The number of rotatable bonds is 5. The van der Waals surface area contributed by atoms with Crippen molar-refractivity contribution in [1.82, 2.24) is 25.1 Å². The minimum atomic E-state index is -0.222. The molecule has 134 valence electrons. The smallest absolute Gasteiger partial charge is 0.244 e. The van der Waals surface area contributed by atoms with Gasteiger partial charge in [0.05, 0.1) is 23.6 Å². The van der Waals surface area contributed by atoms with Gasteiger partial charge in [-0.25, -0.2) is 4.98 Å². The number of hydrogen-bond donors (Lipinski definition) is 2. The normalized spacial score (nSPS) is 12.5. The molecule has 0 fully saturated rings. The van der Waals surface area contributed by atoms with Crippen LogP contribution < -0.4 is 5.32 Å². The molecule has 1 atom stereocenters. The molecule has 0 aliphatic heterocycles. The Kier molecular flexibility index (Phi) is 5.02. The van der Waals surface area contributed by atoms with Crippen LogP contribution in [0.25, 0.3) is 17.3 Å². The van der Waals surface area contributed by atoms with Gasteiger partial charge in [-0.3, -0.25) is 9.48 Å². The molecule has 0 aliphatic carbocycles. The number of carbonyl (C=O) groups excluding carboxylic acids is 1.